The Balaban J connectivity index is 1.78. The third-order valence-corrected chi connectivity index (χ3v) is 2.57. The van der Waals surface area contributed by atoms with Crippen LogP contribution in [0.25, 0.3) is 0 Å². The number of carbonyl (C=O) groups excluding carboxylic acids is 1. The van der Waals surface area contributed by atoms with Gasteiger partial charge in [0.1, 0.15) is 0 Å². The van der Waals surface area contributed by atoms with Crippen LogP contribution in [0.15, 0.2) is 18.2 Å². The zero-order valence-corrected chi connectivity index (χ0v) is 11.6. The number of rotatable bonds is 4. The second kappa shape index (κ2) is 5.38. The molecular weight excluding hydrogens is 244 g/mol. The topological polar surface area (TPSA) is 59.6 Å². The maximum absolute atomic E-state index is 11.6. The van der Waals surface area contributed by atoms with Gasteiger partial charge in [-0.05, 0) is 32.9 Å². The maximum atomic E-state index is 11.6. The molecule has 0 radical (unpaired) electrons. The summed E-state index contributed by atoms with van der Waals surface area (Å²) in [6.07, 6.45) is 0.436. The fraction of sp³-hybridized carbons (Fsp3) is 0.500. The molecule has 1 aliphatic rings. The molecule has 1 heterocycles. The Hall–Kier alpha value is -1.91. The van der Waals surface area contributed by atoms with Crippen LogP contribution in [0.4, 0.5) is 5.69 Å². The lowest BCUT2D eigenvalue weighted by Gasteiger charge is -2.20. The van der Waals surface area contributed by atoms with Gasteiger partial charge < -0.3 is 20.1 Å². The van der Waals surface area contributed by atoms with Crippen molar-refractivity contribution >= 4 is 11.6 Å². The Morgan fingerprint density at radius 2 is 2.00 bits per heavy atom. The number of anilines is 1. The van der Waals surface area contributed by atoms with Gasteiger partial charge in [0.05, 0.1) is 0 Å². The van der Waals surface area contributed by atoms with Crippen LogP contribution in [0.5, 0.6) is 11.5 Å². The van der Waals surface area contributed by atoms with Crippen LogP contribution in [0.2, 0.25) is 0 Å². The molecule has 0 fully saturated rings. The van der Waals surface area contributed by atoms with Crippen LogP contribution in [-0.2, 0) is 4.79 Å². The summed E-state index contributed by atoms with van der Waals surface area (Å²) in [5.41, 5.74) is 0.739. The minimum absolute atomic E-state index is 0.0424. The molecule has 1 aromatic carbocycles. The van der Waals surface area contributed by atoms with Crippen molar-refractivity contribution in [1.29, 1.82) is 0 Å². The smallest absolute Gasteiger partial charge is 0.231 e. The van der Waals surface area contributed by atoms with Crippen molar-refractivity contribution in [2.75, 3.05) is 18.7 Å². The Morgan fingerprint density at radius 3 is 2.74 bits per heavy atom. The number of nitrogens with one attached hydrogen (secondary N) is 2. The Labute approximate surface area is 113 Å². The minimum atomic E-state index is -0.185. The molecule has 0 atom stereocenters. The molecule has 0 bridgehead atoms. The summed E-state index contributed by atoms with van der Waals surface area (Å²) < 4.78 is 10.5. The highest BCUT2D eigenvalue weighted by molar-refractivity contribution is 5.77. The first kappa shape index (κ1) is 13.5. The number of amides is 1. The normalized spacial score (nSPS) is 13.2. The summed E-state index contributed by atoms with van der Waals surface area (Å²) in [7, 11) is 0. The molecule has 0 saturated heterocycles. The highest BCUT2D eigenvalue weighted by Crippen LogP contribution is 2.34. The second-order valence-electron chi connectivity index (χ2n) is 5.54. The van der Waals surface area contributed by atoms with Crippen molar-refractivity contribution in [1.82, 2.24) is 5.32 Å². The highest BCUT2D eigenvalue weighted by Gasteiger charge is 2.14. The molecule has 1 amide bonds. The van der Waals surface area contributed by atoms with Crippen LogP contribution in [0.3, 0.4) is 0 Å². The first-order valence-corrected chi connectivity index (χ1v) is 6.38. The monoisotopic (exact) mass is 264 g/mol. The van der Waals surface area contributed by atoms with Gasteiger partial charge in [-0.2, -0.15) is 0 Å². The standard InChI is InChI=1S/C14H20N2O3/c1-14(2,3)16-13(17)6-7-15-10-4-5-11-12(8-10)19-9-18-11/h4-5,8,15H,6-7,9H2,1-3H3,(H,16,17). The molecule has 0 spiro atoms. The quantitative estimate of drug-likeness (QED) is 0.874. The van der Waals surface area contributed by atoms with Gasteiger partial charge in [0, 0.05) is 30.3 Å². The summed E-state index contributed by atoms with van der Waals surface area (Å²) >= 11 is 0. The van der Waals surface area contributed by atoms with E-state index in [0.717, 1.165) is 17.2 Å². The molecule has 5 heteroatoms. The van der Waals surface area contributed by atoms with Gasteiger partial charge in [0.2, 0.25) is 12.7 Å². The molecule has 0 unspecified atom stereocenters. The van der Waals surface area contributed by atoms with E-state index in [0.29, 0.717) is 13.0 Å². The summed E-state index contributed by atoms with van der Waals surface area (Å²) in [5.74, 6) is 1.54. The molecule has 104 valence electrons. The van der Waals surface area contributed by atoms with E-state index in [1.165, 1.54) is 0 Å². The maximum Gasteiger partial charge on any atom is 0.231 e. The Morgan fingerprint density at radius 1 is 1.26 bits per heavy atom. The minimum Gasteiger partial charge on any atom is -0.454 e. The summed E-state index contributed by atoms with van der Waals surface area (Å²) in [5, 5.41) is 6.12. The molecule has 5 nitrogen and oxygen atoms in total. The molecule has 0 aliphatic carbocycles. The number of carbonyl (C=O) groups is 1. The average molecular weight is 264 g/mol. The van der Waals surface area contributed by atoms with Crippen molar-refractivity contribution < 1.29 is 14.3 Å². The number of ether oxygens (including phenoxy) is 2. The third-order valence-electron chi connectivity index (χ3n) is 2.57. The van der Waals surface area contributed by atoms with E-state index in [1.807, 2.05) is 39.0 Å². The zero-order valence-electron chi connectivity index (χ0n) is 11.6. The molecular formula is C14H20N2O3. The summed E-state index contributed by atoms with van der Waals surface area (Å²) in [4.78, 5) is 11.6. The lowest BCUT2D eigenvalue weighted by molar-refractivity contribution is -0.122. The van der Waals surface area contributed by atoms with Crippen LogP contribution >= 0.6 is 0 Å². The summed E-state index contributed by atoms with van der Waals surface area (Å²) in [6.45, 7) is 6.76. The lowest BCUT2D eigenvalue weighted by Crippen LogP contribution is -2.41. The first-order valence-electron chi connectivity index (χ1n) is 6.38. The lowest BCUT2D eigenvalue weighted by atomic mass is 10.1. The van der Waals surface area contributed by atoms with E-state index in [4.69, 9.17) is 9.47 Å². The van der Waals surface area contributed by atoms with E-state index in [9.17, 15) is 4.79 Å². The molecule has 0 aromatic heterocycles. The second-order valence-corrected chi connectivity index (χ2v) is 5.54. The van der Waals surface area contributed by atoms with E-state index >= 15 is 0 Å². The number of fused-ring (bicyclic) bond motifs is 1. The Bertz CT molecular complexity index is 466. The molecule has 2 rings (SSSR count). The molecule has 0 saturated carbocycles. The van der Waals surface area contributed by atoms with Crippen molar-refractivity contribution in [3.63, 3.8) is 0 Å². The molecule has 2 N–H and O–H groups in total. The van der Waals surface area contributed by atoms with Crippen molar-refractivity contribution in [2.24, 2.45) is 0 Å². The van der Waals surface area contributed by atoms with Crippen molar-refractivity contribution in [3.05, 3.63) is 18.2 Å². The predicted molar refractivity (Wildman–Crippen MR) is 73.6 cm³/mol. The fourth-order valence-electron chi connectivity index (χ4n) is 1.81. The van der Waals surface area contributed by atoms with E-state index in [1.54, 1.807) is 0 Å². The van der Waals surface area contributed by atoms with Crippen LogP contribution in [0, 0.1) is 0 Å². The highest BCUT2D eigenvalue weighted by atomic mass is 16.7. The largest absolute Gasteiger partial charge is 0.454 e. The van der Waals surface area contributed by atoms with Crippen LogP contribution in [0.1, 0.15) is 27.2 Å². The van der Waals surface area contributed by atoms with Crippen LogP contribution < -0.4 is 20.1 Å². The number of hydrogen-bond donors (Lipinski definition) is 2. The van der Waals surface area contributed by atoms with Crippen molar-refractivity contribution in [3.8, 4) is 11.5 Å². The van der Waals surface area contributed by atoms with Gasteiger partial charge in [-0.25, -0.2) is 0 Å². The number of benzene rings is 1. The SMILES string of the molecule is CC(C)(C)NC(=O)CCNc1ccc2c(c1)OCO2. The Kier molecular flexibility index (Phi) is 3.83. The van der Waals surface area contributed by atoms with E-state index in [2.05, 4.69) is 10.6 Å². The fourth-order valence-corrected chi connectivity index (χ4v) is 1.81. The van der Waals surface area contributed by atoms with Gasteiger partial charge in [-0.3, -0.25) is 4.79 Å². The molecule has 19 heavy (non-hydrogen) atoms. The van der Waals surface area contributed by atoms with Crippen molar-refractivity contribution in [2.45, 2.75) is 32.7 Å². The van der Waals surface area contributed by atoms with Gasteiger partial charge in [-0.15, -0.1) is 0 Å². The van der Waals surface area contributed by atoms with Gasteiger partial charge >= 0.3 is 0 Å². The van der Waals surface area contributed by atoms with Gasteiger partial charge in [-0.1, -0.05) is 0 Å². The van der Waals surface area contributed by atoms with Gasteiger partial charge in [0.25, 0.3) is 0 Å². The van der Waals surface area contributed by atoms with E-state index < -0.39 is 0 Å². The first-order chi connectivity index (χ1) is 8.94. The third kappa shape index (κ3) is 4.05. The zero-order chi connectivity index (χ0) is 13.9. The van der Waals surface area contributed by atoms with Crippen LogP contribution in [-0.4, -0.2) is 24.8 Å². The van der Waals surface area contributed by atoms with Gasteiger partial charge in [0.15, 0.2) is 11.5 Å². The summed E-state index contributed by atoms with van der Waals surface area (Å²) in [6, 6.07) is 5.65. The average Bonchev–Trinajstić information content (AvgIpc) is 2.73. The molecule has 1 aliphatic heterocycles. The molecule has 1 aromatic rings. The number of hydrogen-bond acceptors (Lipinski definition) is 4. The van der Waals surface area contributed by atoms with E-state index in [-0.39, 0.29) is 18.2 Å². The predicted octanol–water partition coefficient (Wildman–Crippen LogP) is 2.13.